The van der Waals surface area contributed by atoms with Crippen molar-refractivity contribution in [3.8, 4) is 16.9 Å². The average Bonchev–Trinajstić information content (AvgIpc) is 3.38. The van der Waals surface area contributed by atoms with E-state index in [1.807, 2.05) is 19.9 Å². The Morgan fingerprint density at radius 1 is 1.33 bits per heavy atom. The first-order chi connectivity index (χ1) is 14.5. The van der Waals surface area contributed by atoms with Crippen molar-refractivity contribution in [1.82, 2.24) is 5.32 Å². The molecule has 30 heavy (non-hydrogen) atoms. The number of carbonyl (C=O) groups excluding carboxylic acids is 1. The Balaban J connectivity index is 1.78. The molecule has 1 amide bonds. The SMILES string of the molecule is COc1c(/C(C)=C/C(=O)NC2=NCCS2)cc2c(-c3ccc(F)cc3)coc2c1C. The Morgan fingerprint density at radius 3 is 2.77 bits per heavy atom. The molecule has 0 bridgehead atoms. The Hall–Kier alpha value is -3.06. The lowest BCUT2D eigenvalue weighted by atomic mass is 9.96. The fraction of sp³-hybridized carbons (Fsp3) is 0.217. The van der Waals surface area contributed by atoms with Crippen molar-refractivity contribution < 1.29 is 18.3 Å². The second-order valence-corrected chi connectivity index (χ2v) is 8.05. The summed E-state index contributed by atoms with van der Waals surface area (Å²) in [6.45, 7) is 4.50. The van der Waals surface area contributed by atoms with E-state index in [9.17, 15) is 9.18 Å². The predicted molar refractivity (Wildman–Crippen MR) is 119 cm³/mol. The summed E-state index contributed by atoms with van der Waals surface area (Å²) >= 11 is 1.53. The third kappa shape index (κ3) is 3.85. The normalized spacial score (nSPS) is 14.1. The standard InChI is InChI=1S/C23H21FN2O3S/c1-13(10-20(27)26-23-25-8-9-30-23)17-11-18-19(15-4-6-16(24)7-5-15)12-29-22(18)14(2)21(17)28-3/h4-7,10-12H,8-9H2,1-3H3,(H,25,26,27)/b13-10+. The smallest absolute Gasteiger partial charge is 0.250 e. The molecule has 154 valence electrons. The first-order valence-corrected chi connectivity index (χ1v) is 10.5. The number of halogens is 1. The Morgan fingerprint density at radius 2 is 2.10 bits per heavy atom. The molecule has 0 atom stereocenters. The van der Waals surface area contributed by atoms with Gasteiger partial charge in [-0.25, -0.2) is 4.39 Å². The van der Waals surface area contributed by atoms with Gasteiger partial charge in [0.05, 0.1) is 19.9 Å². The van der Waals surface area contributed by atoms with Crippen LogP contribution < -0.4 is 10.1 Å². The molecule has 0 saturated carbocycles. The second kappa shape index (κ2) is 8.36. The zero-order chi connectivity index (χ0) is 21.3. The summed E-state index contributed by atoms with van der Waals surface area (Å²) in [6, 6.07) is 8.23. The first-order valence-electron chi connectivity index (χ1n) is 9.49. The zero-order valence-corrected chi connectivity index (χ0v) is 17.7. The molecule has 7 heteroatoms. The number of carbonyl (C=O) groups is 1. The van der Waals surface area contributed by atoms with E-state index < -0.39 is 0 Å². The fourth-order valence-electron chi connectivity index (χ4n) is 3.55. The van der Waals surface area contributed by atoms with Gasteiger partial charge in [0.2, 0.25) is 5.91 Å². The molecule has 0 unspecified atom stereocenters. The molecule has 0 radical (unpaired) electrons. The molecule has 1 aromatic heterocycles. The number of aryl methyl sites for hydroxylation is 1. The van der Waals surface area contributed by atoms with Gasteiger partial charge in [-0.15, -0.1) is 0 Å². The summed E-state index contributed by atoms with van der Waals surface area (Å²) < 4.78 is 24.8. The van der Waals surface area contributed by atoms with Crippen LogP contribution in [0.5, 0.6) is 5.75 Å². The van der Waals surface area contributed by atoms with Gasteiger partial charge in [0, 0.05) is 33.9 Å². The number of amides is 1. The lowest BCUT2D eigenvalue weighted by Crippen LogP contribution is -2.25. The maximum Gasteiger partial charge on any atom is 0.250 e. The van der Waals surface area contributed by atoms with E-state index in [0.29, 0.717) is 16.5 Å². The summed E-state index contributed by atoms with van der Waals surface area (Å²) in [4.78, 5) is 16.7. The van der Waals surface area contributed by atoms with Crippen molar-refractivity contribution in [3.05, 3.63) is 59.6 Å². The van der Waals surface area contributed by atoms with Gasteiger partial charge in [-0.05, 0) is 43.2 Å². The predicted octanol–water partition coefficient (Wildman–Crippen LogP) is 5.18. The minimum absolute atomic E-state index is 0.230. The minimum atomic E-state index is -0.292. The number of nitrogens with one attached hydrogen (secondary N) is 1. The van der Waals surface area contributed by atoms with E-state index in [4.69, 9.17) is 9.15 Å². The van der Waals surface area contributed by atoms with Crippen LogP contribution in [0.25, 0.3) is 27.7 Å². The third-order valence-electron chi connectivity index (χ3n) is 4.99. The topological polar surface area (TPSA) is 63.8 Å². The number of allylic oxidation sites excluding steroid dienone is 1. The van der Waals surface area contributed by atoms with Crippen LogP contribution in [0.1, 0.15) is 18.1 Å². The van der Waals surface area contributed by atoms with E-state index in [2.05, 4.69) is 10.3 Å². The van der Waals surface area contributed by atoms with Crippen LogP contribution in [-0.4, -0.2) is 30.5 Å². The number of hydrogen-bond acceptors (Lipinski definition) is 5. The maximum atomic E-state index is 13.3. The van der Waals surface area contributed by atoms with Gasteiger partial charge in [-0.1, -0.05) is 23.9 Å². The van der Waals surface area contributed by atoms with Gasteiger partial charge >= 0.3 is 0 Å². The van der Waals surface area contributed by atoms with Gasteiger partial charge in [0.25, 0.3) is 0 Å². The third-order valence-corrected chi connectivity index (χ3v) is 5.88. The Bertz CT molecular complexity index is 1180. The number of furan rings is 1. The van der Waals surface area contributed by atoms with Crippen LogP contribution in [0.2, 0.25) is 0 Å². The highest BCUT2D eigenvalue weighted by Crippen LogP contribution is 2.40. The van der Waals surface area contributed by atoms with E-state index in [0.717, 1.165) is 45.5 Å². The van der Waals surface area contributed by atoms with Crippen LogP contribution in [0.15, 0.2) is 52.1 Å². The highest BCUT2D eigenvalue weighted by molar-refractivity contribution is 8.14. The summed E-state index contributed by atoms with van der Waals surface area (Å²) in [5.74, 6) is 1.01. The minimum Gasteiger partial charge on any atom is -0.496 e. The molecule has 4 rings (SSSR count). The maximum absolute atomic E-state index is 13.3. The molecule has 0 spiro atoms. The average molecular weight is 424 g/mol. The lowest BCUT2D eigenvalue weighted by Gasteiger charge is -2.13. The number of rotatable bonds is 4. The number of methoxy groups -OCH3 is 1. The monoisotopic (exact) mass is 424 g/mol. The number of fused-ring (bicyclic) bond motifs is 1. The molecule has 5 nitrogen and oxygen atoms in total. The van der Waals surface area contributed by atoms with Gasteiger partial charge in [-0.2, -0.15) is 0 Å². The van der Waals surface area contributed by atoms with Crippen molar-refractivity contribution in [3.63, 3.8) is 0 Å². The summed E-state index contributed by atoms with van der Waals surface area (Å²) in [5.41, 5.74) is 4.78. The number of nitrogens with zero attached hydrogens (tertiary/aromatic N) is 1. The molecule has 2 heterocycles. The van der Waals surface area contributed by atoms with Crippen LogP contribution >= 0.6 is 11.8 Å². The van der Waals surface area contributed by atoms with Crippen LogP contribution in [0.4, 0.5) is 4.39 Å². The molecule has 1 aliphatic heterocycles. The van der Waals surface area contributed by atoms with Gasteiger partial charge in [0.15, 0.2) is 5.17 Å². The number of ether oxygens (including phenoxy) is 1. The molecule has 3 aromatic rings. The van der Waals surface area contributed by atoms with E-state index in [-0.39, 0.29) is 11.7 Å². The summed E-state index contributed by atoms with van der Waals surface area (Å²) in [6.07, 6.45) is 3.21. The number of thioether (sulfide) groups is 1. The fourth-order valence-corrected chi connectivity index (χ4v) is 4.28. The molecule has 2 aromatic carbocycles. The van der Waals surface area contributed by atoms with Crippen molar-refractivity contribution in [2.75, 3.05) is 19.4 Å². The highest BCUT2D eigenvalue weighted by atomic mass is 32.2. The van der Waals surface area contributed by atoms with Crippen LogP contribution in [0, 0.1) is 12.7 Å². The molecule has 0 saturated heterocycles. The summed E-state index contributed by atoms with van der Waals surface area (Å²) in [7, 11) is 1.60. The number of hydrogen-bond donors (Lipinski definition) is 1. The van der Waals surface area contributed by atoms with Gasteiger partial charge in [-0.3, -0.25) is 9.79 Å². The molecular weight excluding hydrogens is 403 g/mol. The summed E-state index contributed by atoms with van der Waals surface area (Å²) in [5, 5.41) is 4.33. The Labute approximate surface area is 178 Å². The van der Waals surface area contributed by atoms with E-state index in [1.54, 1.807) is 31.6 Å². The second-order valence-electron chi connectivity index (χ2n) is 6.97. The van der Waals surface area contributed by atoms with Gasteiger partial charge < -0.3 is 14.5 Å². The van der Waals surface area contributed by atoms with E-state index in [1.165, 1.54) is 23.9 Å². The Kier molecular flexibility index (Phi) is 5.63. The van der Waals surface area contributed by atoms with Crippen LogP contribution in [0.3, 0.4) is 0 Å². The van der Waals surface area contributed by atoms with Crippen molar-refractivity contribution in [1.29, 1.82) is 0 Å². The van der Waals surface area contributed by atoms with Crippen LogP contribution in [-0.2, 0) is 4.79 Å². The van der Waals surface area contributed by atoms with Crippen molar-refractivity contribution in [2.24, 2.45) is 4.99 Å². The molecule has 1 N–H and O–H groups in total. The molecule has 0 fully saturated rings. The quantitative estimate of drug-likeness (QED) is 0.587. The molecule has 0 aliphatic carbocycles. The first kappa shape index (κ1) is 20.2. The van der Waals surface area contributed by atoms with E-state index >= 15 is 0 Å². The number of amidine groups is 1. The molecular formula is C23H21FN2O3S. The number of benzene rings is 2. The zero-order valence-electron chi connectivity index (χ0n) is 16.9. The van der Waals surface area contributed by atoms with Crippen molar-refractivity contribution >= 4 is 39.4 Å². The lowest BCUT2D eigenvalue weighted by molar-refractivity contribution is -0.115. The largest absolute Gasteiger partial charge is 0.496 e. The highest BCUT2D eigenvalue weighted by Gasteiger charge is 2.19. The number of aliphatic imine (C=N–C) groups is 1. The van der Waals surface area contributed by atoms with Crippen molar-refractivity contribution in [2.45, 2.75) is 13.8 Å². The van der Waals surface area contributed by atoms with Gasteiger partial charge in [0.1, 0.15) is 17.1 Å². The molecule has 1 aliphatic rings.